The molecule has 0 unspecified atom stereocenters. The zero-order valence-corrected chi connectivity index (χ0v) is 8.21. The lowest BCUT2D eigenvalue weighted by Crippen LogP contribution is -2.10. The van der Waals surface area contributed by atoms with Gasteiger partial charge in [-0.15, -0.1) is 0 Å². The normalized spacial score (nSPS) is 13.5. The molecular formula is C12H13NO. The van der Waals surface area contributed by atoms with Crippen LogP contribution in [0, 0.1) is 0 Å². The van der Waals surface area contributed by atoms with Gasteiger partial charge in [-0.2, -0.15) is 0 Å². The number of amides is 1. The molecule has 0 bridgehead atoms. The van der Waals surface area contributed by atoms with Crippen LogP contribution in [-0.2, 0) is 17.6 Å². The smallest absolute Gasteiger partial charge is 0.221 e. The van der Waals surface area contributed by atoms with Crippen molar-refractivity contribution in [2.24, 2.45) is 0 Å². The van der Waals surface area contributed by atoms with Crippen LogP contribution in [0.15, 0.2) is 30.4 Å². The number of carbonyl (C=O) groups excluding carboxylic acids is 1. The van der Waals surface area contributed by atoms with E-state index in [1.165, 1.54) is 18.1 Å². The highest BCUT2D eigenvalue weighted by Gasteiger charge is 2.09. The molecule has 14 heavy (non-hydrogen) atoms. The lowest BCUT2D eigenvalue weighted by Gasteiger charge is -2.15. The molecule has 0 heterocycles. The van der Waals surface area contributed by atoms with Crippen LogP contribution in [0.25, 0.3) is 0 Å². The zero-order chi connectivity index (χ0) is 9.97. The molecule has 0 atom stereocenters. The Morgan fingerprint density at radius 3 is 2.86 bits per heavy atom. The standard InChI is InChI=1S/C12H13NO/c1-9(14)13-12-8-4-6-10-5-2-3-7-11(10)12/h2-4,6,8H,5,7H2,1H3,(H,13,14). The third kappa shape index (κ3) is 1.69. The fraction of sp³-hybridized carbons (Fsp3) is 0.250. The molecule has 0 spiro atoms. The molecule has 72 valence electrons. The Balaban J connectivity index is 2.37. The summed E-state index contributed by atoms with van der Waals surface area (Å²) in [7, 11) is 0. The molecule has 0 saturated heterocycles. The summed E-state index contributed by atoms with van der Waals surface area (Å²) in [5, 5.41) is 2.86. The molecule has 0 saturated carbocycles. The third-order valence-electron chi connectivity index (χ3n) is 2.41. The predicted molar refractivity (Wildman–Crippen MR) is 57.3 cm³/mol. The van der Waals surface area contributed by atoms with Crippen LogP contribution < -0.4 is 5.32 Å². The van der Waals surface area contributed by atoms with E-state index in [0.29, 0.717) is 0 Å². The highest BCUT2D eigenvalue weighted by atomic mass is 16.1. The minimum absolute atomic E-state index is 0.00652. The molecule has 0 radical (unpaired) electrons. The summed E-state index contributed by atoms with van der Waals surface area (Å²) in [5.74, 6) is -0.00652. The van der Waals surface area contributed by atoms with Crippen molar-refractivity contribution < 1.29 is 4.79 Å². The number of hydrogen-bond acceptors (Lipinski definition) is 1. The first-order valence-electron chi connectivity index (χ1n) is 4.81. The molecule has 0 aromatic heterocycles. The lowest BCUT2D eigenvalue weighted by molar-refractivity contribution is -0.114. The second-order valence-electron chi connectivity index (χ2n) is 3.50. The van der Waals surface area contributed by atoms with Gasteiger partial charge in [0.05, 0.1) is 0 Å². The first-order chi connectivity index (χ1) is 6.77. The number of nitrogens with one attached hydrogen (secondary N) is 1. The third-order valence-corrected chi connectivity index (χ3v) is 2.41. The summed E-state index contributed by atoms with van der Waals surface area (Å²) in [5.41, 5.74) is 3.53. The summed E-state index contributed by atoms with van der Waals surface area (Å²) >= 11 is 0. The molecule has 2 heteroatoms. The van der Waals surface area contributed by atoms with Crippen LogP contribution in [0.2, 0.25) is 0 Å². The van der Waals surface area contributed by atoms with Crippen LogP contribution in [0.1, 0.15) is 18.1 Å². The Labute approximate surface area is 83.6 Å². The van der Waals surface area contributed by atoms with E-state index in [-0.39, 0.29) is 5.91 Å². The topological polar surface area (TPSA) is 29.1 Å². The first kappa shape index (κ1) is 9.00. The van der Waals surface area contributed by atoms with Gasteiger partial charge < -0.3 is 5.32 Å². The van der Waals surface area contributed by atoms with E-state index in [0.717, 1.165) is 18.5 Å². The molecule has 2 nitrogen and oxygen atoms in total. The maximum absolute atomic E-state index is 11.0. The van der Waals surface area contributed by atoms with Gasteiger partial charge in [0.2, 0.25) is 5.91 Å². The Hall–Kier alpha value is -1.57. The van der Waals surface area contributed by atoms with Crippen molar-refractivity contribution in [3.05, 3.63) is 41.5 Å². The van der Waals surface area contributed by atoms with E-state index < -0.39 is 0 Å². The summed E-state index contributed by atoms with van der Waals surface area (Å²) in [6, 6.07) is 6.06. The highest BCUT2D eigenvalue weighted by molar-refractivity contribution is 5.89. The minimum Gasteiger partial charge on any atom is -0.326 e. The molecule has 1 aromatic rings. The van der Waals surface area contributed by atoms with Gasteiger partial charge in [-0.25, -0.2) is 0 Å². The van der Waals surface area contributed by atoms with Crippen molar-refractivity contribution in [3.63, 3.8) is 0 Å². The molecule has 1 aromatic carbocycles. The van der Waals surface area contributed by atoms with E-state index in [1.807, 2.05) is 12.1 Å². The maximum atomic E-state index is 11.0. The number of carbonyl (C=O) groups is 1. The zero-order valence-electron chi connectivity index (χ0n) is 8.21. The molecule has 1 aliphatic rings. The molecule has 0 aliphatic heterocycles. The van der Waals surface area contributed by atoms with Gasteiger partial charge in [-0.1, -0.05) is 24.3 Å². The monoisotopic (exact) mass is 187 g/mol. The number of anilines is 1. The first-order valence-corrected chi connectivity index (χ1v) is 4.81. The second kappa shape index (κ2) is 3.66. The number of benzene rings is 1. The van der Waals surface area contributed by atoms with Gasteiger partial charge in [0.1, 0.15) is 0 Å². The van der Waals surface area contributed by atoms with Gasteiger partial charge in [0, 0.05) is 12.6 Å². The van der Waals surface area contributed by atoms with E-state index in [9.17, 15) is 4.79 Å². The fourth-order valence-electron chi connectivity index (χ4n) is 1.79. The van der Waals surface area contributed by atoms with Crippen LogP contribution in [0.4, 0.5) is 5.69 Å². The molecular weight excluding hydrogens is 174 g/mol. The number of allylic oxidation sites excluding steroid dienone is 2. The van der Waals surface area contributed by atoms with Crippen LogP contribution in [0.3, 0.4) is 0 Å². The van der Waals surface area contributed by atoms with E-state index in [1.54, 1.807) is 0 Å². The Kier molecular flexibility index (Phi) is 2.35. The van der Waals surface area contributed by atoms with Gasteiger partial charge >= 0.3 is 0 Å². The molecule has 1 N–H and O–H groups in total. The number of hydrogen-bond donors (Lipinski definition) is 1. The van der Waals surface area contributed by atoms with Crippen LogP contribution in [-0.4, -0.2) is 5.91 Å². The molecule has 1 aliphatic carbocycles. The Morgan fingerprint density at radius 1 is 1.29 bits per heavy atom. The average Bonchev–Trinajstić information content (AvgIpc) is 2.18. The SMILES string of the molecule is CC(=O)Nc1cccc2c1CC=CC2. The van der Waals surface area contributed by atoms with Crippen molar-refractivity contribution in [3.8, 4) is 0 Å². The summed E-state index contributed by atoms with van der Waals surface area (Å²) in [6.07, 6.45) is 6.21. The Bertz CT molecular complexity index is 393. The van der Waals surface area contributed by atoms with Gasteiger partial charge in [0.15, 0.2) is 0 Å². The van der Waals surface area contributed by atoms with Gasteiger partial charge in [-0.3, -0.25) is 4.79 Å². The summed E-state index contributed by atoms with van der Waals surface area (Å²) in [6.45, 7) is 1.54. The summed E-state index contributed by atoms with van der Waals surface area (Å²) < 4.78 is 0. The second-order valence-corrected chi connectivity index (χ2v) is 3.50. The molecule has 2 rings (SSSR count). The largest absolute Gasteiger partial charge is 0.326 e. The van der Waals surface area contributed by atoms with Crippen molar-refractivity contribution in [1.82, 2.24) is 0 Å². The molecule has 0 fully saturated rings. The van der Waals surface area contributed by atoms with E-state index in [4.69, 9.17) is 0 Å². The fourth-order valence-corrected chi connectivity index (χ4v) is 1.79. The van der Waals surface area contributed by atoms with Crippen molar-refractivity contribution in [1.29, 1.82) is 0 Å². The quantitative estimate of drug-likeness (QED) is 0.671. The number of rotatable bonds is 1. The van der Waals surface area contributed by atoms with Crippen molar-refractivity contribution >= 4 is 11.6 Å². The van der Waals surface area contributed by atoms with Crippen LogP contribution >= 0.6 is 0 Å². The number of fused-ring (bicyclic) bond motifs is 1. The van der Waals surface area contributed by atoms with Crippen molar-refractivity contribution in [2.45, 2.75) is 19.8 Å². The maximum Gasteiger partial charge on any atom is 0.221 e. The van der Waals surface area contributed by atoms with Crippen LogP contribution in [0.5, 0.6) is 0 Å². The van der Waals surface area contributed by atoms with E-state index in [2.05, 4.69) is 23.5 Å². The van der Waals surface area contributed by atoms with Gasteiger partial charge in [-0.05, 0) is 30.0 Å². The average molecular weight is 187 g/mol. The lowest BCUT2D eigenvalue weighted by atomic mass is 9.95. The minimum atomic E-state index is -0.00652. The Morgan fingerprint density at radius 2 is 2.07 bits per heavy atom. The summed E-state index contributed by atoms with van der Waals surface area (Å²) in [4.78, 5) is 11.0. The highest BCUT2D eigenvalue weighted by Crippen LogP contribution is 2.24. The molecule has 1 amide bonds. The van der Waals surface area contributed by atoms with E-state index >= 15 is 0 Å². The van der Waals surface area contributed by atoms with Crippen molar-refractivity contribution in [2.75, 3.05) is 5.32 Å². The predicted octanol–water partition coefficient (Wildman–Crippen LogP) is 2.30. The van der Waals surface area contributed by atoms with Gasteiger partial charge in [0.25, 0.3) is 0 Å².